The third-order valence-electron chi connectivity index (χ3n) is 3.27. The van der Waals surface area contributed by atoms with Gasteiger partial charge < -0.3 is 14.0 Å². The first-order chi connectivity index (χ1) is 11.4. The minimum atomic E-state index is -0.932. The van der Waals surface area contributed by atoms with Gasteiger partial charge in [0.05, 0.1) is 31.9 Å². The maximum absolute atomic E-state index is 12.4. The van der Waals surface area contributed by atoms with E-state index >= 15 is 0 Å². The molecular formula is C15H13BrN2O6. The number of carbonyl (C=O) groups excluding carboxylic acids is 1. The van der Waals surface area contributed by atoms with Gasteiger partial charge in [-0.3, -0.25) is 14.9 Å². The third-order valence-corrected chi connectivity index (χ3v) is 3.76. The fourth-order valence-corrected chi connectivity index (χ4v) is 2.56. The quantitative estimate of drug-likeness (QED) is 0.436. The van der Waals surface area contributed by atoms with Gasteiger partial charge in [-0.15, -0.1) is 0 Å². The minimum absolute atomic E-state index is 0.00682. The highest BCUT2D eigenvalue weighted by molar-refractivity contribution is 9.10. The Morgan fingerprint density at radius 2 is 2.04 bits per heavy atom. The van der Waals surface area contributed by atoms with Crippen LogP contribution in [0.1, 0.15) is 15.9 Å². The van der Waals surface area contributed by atoms with E-state index in [1.165, 1.54) is 7.11 Å². The monoisotopic (exact) mass is 396 g/mol. The molecule has 0 fully saturated rings. The molecular weight excluding hydrogens is 384 g/mol. The Bertz CT molecular complexity index is 862. The Kier molecular flexibility index (Phi) is 5.35. The summed E-state index contributed by atoms with van der Waals surface area (Å²) in [6.07, 6.45) is 1.08. The number of pyridine rings is 1. The number of ether oxygens (including phenoxy) is 2. The van der Waals surface area contributed by atoms with E-state index in [1.54, 1.807) is 18.2 Å². The van der Waals surface area contributed by atoms with Gasteiger partial charge in [0.1, 0.15) is 11.3 Å². The fourth-order valence-electron chi connectivity index (χ4n) is 2.15. The molecule has 1 aromatic carbocycles. The Labute approximate surface area is 144 Å². The Balaban J connectivity index is 2.60. The molecule has 2 aromatic rings. The van der Waals surface area contributed by atoms with Gasteiger partial charge in [0.25, 0.3) is 11.2 Å². The van der Waals surface area contributed by atoms with Crippen molar-refractivity contribution in [2.45, 2.75) is 6.54 Å². The largest absolute Gasteiger partial charge is 0.496 e. The Morgan fingerprint density at radius 1 is 1.33 bits per heavy atom. The van der Waals surface area contributed by atoms with Crippen LogP contribution >= 0.6 is 15.9 Å². The standard InChI is InChI=1S/C15H13BrN2O6/c1-23-13-4-3-10(16)5-9(13)7-17-8-11(18(21)22)6-12(14(17)19)15(20)24-2/h3-6,8H,7H2,1-2H3. The molecule has 0 bridgehead atoms. The third kappa shape index (κ3) is 3.62. The predicted octanol–water partition coefficient (Wildman–Crippen LogP) is 2.36. The molecule has 24 heavy (non-hydrogen) atoms. The van der Waals surface area contributed by atoms with E-state index in [-0.39, 0.29) is 12.2 Å². The number of nitro groups is 1. The molecule has 0 atom stereocenters. The number of carbonyl (C=O) groups is 1. The molecule has 0 saturated carbocycles. The second-order valence-corrected chi connectivity index (χ2v) is 5.67. The van der Waals surface area contributed by atoms with E-state index < -0.39 is 22.0 Å². The van der Waals surface area contributed by atoms with E-state index in [1.807, 2.05) is 0 Å². The summed E-state index contributed by atoms with van der Waals surface area (Å²) in [5, 5.41) is 11.1. The molecule has 0 aliphatic rings. The minimum Gasteiger partial charge on any atom is -0.496 e. The number of benzene rings is 1. The topological polar surface area (TPSA) is 101 Å². The summed E-state index contributed by atoms with van der Waals surface area (Å²) in [7, 11) is 2.57. The Hall–Kier alpha value is -2.68. The van der Waals surface area contributed by atoms with Crippen molar-refractivity contribution < 1.29 is 19.2 Å². The number of hydrogen-bond donors (Lipinski definition) is 0. The molecule has 0 N–H and O–H groups in total. The molecule has 2 rings (SSSR count). The summed E-state index contributed by atoms with van der Waals surface area (Å²) in [4.78, 5) is 34.5. The summed E-state index contributed by atoms with van der Waals surface area (Å²) >= 11 is 3.32. The number of esters is 1. The van der Waals surface area contributed by atoms with Crippen molar-refractivity contribution in [2.24, 2.45) is 0 Å². The number of methoxy groups -OCH3 is 2. The van der Waals surface area contributed by atoms with Crippen LogP contribution in [0.3, 0.4) is 0 Å². The van der Waals surface area contributed by atoms with Crippen LogP contribution in [0.25, 0.3) is 0 Å². The Morgan fingerprint density at radius 3 is 2.62 bits per heavy atom. The zero-order valence-electron chi connectivity index (χ0n) is 12.8. The highest BCUT2D eigenvalue weighted by atomic mass is 79.9. The van der Waals surface area contributed by atoms with Gasteiger partial charge in [0.15, 0.2) is 0 Å². The molecule has 0 radical (unpaired) electrons. The molecule has 1 aromatic heterocycles. The zero-order chi connectivity index (χ0) is 17.9. The SMILES string of the molecule is COC(=O)c1cc([N+](=O)[O-])cn(Cc2cc(Br)ccc2OC)c1=O. The first kappa shape index (κ1) is 17.7. The smallest absolute Gasteiger partial charge is 0.343 e. The maximum atomic E-state index is 12.4. The van der Waals surface area contributed by atoms with Gasteiger partial charge in [-0.05, 0) is 18.2 Å². The van der Waals surface area contributed by atoms with Crippen LogP contribution in [-0.2, 0) is 11.3 Å². The van der Waals surface area contributed by atoms with Crippen molar-refractivity contribution in [3.8, 4) is 5.75 Å². The lowest BCUT2D eigenvalue weighted by Crippen LogP contribution is -2.27. The highest BCUT2D eigenvalue weighted by Gasteiger charge is 2.20. The van der Waals surface area contributed by atoms with Crippen molar-refractivity contribution in [3.63, 3.8) is 0 Å². The molecule has 0 saturated heterocycles. The second-order valence-electron chi connectivity index (χ2n) is 4.75. The second kappa shape index (κ2) is 7.26. The molecule has 9 heteroatoms. The maximum Gasteiger partial charge on any atom is 0.343 e. The van der Waals surface area contributed by atoms with Crippen molar-refractivity contribution in [1.29, 1.82) is 0 Å². The van der Waals surface area contributed by atoms with Crippen LogP contribution in [0, 0.1) is 10.1 Å². The number of nitrogens with zero attached hydrogens (tertiary/aromatic N) is 2. The van der Waals surface area contributed by atoms with Crippen LogP contribution in [0.5, 0.6) is 5.75 Å². The summed E-state index contributed by atoms with van der Waals surface area (Å²) in [5.41, 5.74) is -0.857. The zero-order valence-corrected chi connectivity index (χ0v) is 14.4. The van der Waals surface area contributed by atoms with E-state index in [9.17, 15) is 19.7 Å². The average Bonchev–Trinajstić information content (AvgIpc) is 2.56. The predicted molar refractivity (Wildman–Crippen MR) is 88.5 cm³/mol. The van der Waals surface area contributed by atoms with Crippen LogP contribution in [-0.4, -0.2) is 29.7 Å². The van der Waals surface area contributed by atoms with E-state index in [2.05, 4.69) is 20.7 Å². The van der Waals surface area contributed by atoms with Crippen molar-refractivity contribution in [3.05, 3.63) is 66.5 Å². The average molecular weight is 397 g/mol. The molecule has 0 spiro atoms. The summed E-state index contributed by atoms with van der Waals surface area (Å²) in [5.74, 6) is -0.421. The van der Waals surface area contributed by atoms with Gasteiger partial charge in [0, 0.05) is 16.1 Å². The molecule has 0 unspecified atom stereocenters. The summed E-state index contributed by atoms with van der Waals surface area (Å²) in [6, 6.07) is 6.09. The van der Waals surface area contributed by atoms with Crippen molar-refractivity contribution >= 4 is 27.6 Å². The van der Waals surface area contributed by atoms with Crippen LogP contribution in [0.2, 0.25) is 0 Å². The molecule has 8 nitrogen and oxygen atoms in total. The summed E-state index contributed by atoms with van der Waals surface area (Å²) in [6.45, 7) is -0.00682. The van der Waals surface area contributed by atoms with Crippen molar-refractivity contribution in [2.75, 3.05) is 14.2 Å². The fraction of sp³-hybridized carbons (Fsp3) is 0.200. The highest BCUT2D eigenvalue weighted by Crippen LogP contribution is 2.24. The molecule has 1 heterocycles. The lowest BCUT2D eigenvalue weighted by molar-refractivity contribution is -0.385. The molecule has 0 amide bonds. The normalized spacial score (nSPS) is 10.3. The number of hydrogen-bond acceptors (Lipinski definition) is 6. The van der Waals surface area contributed by atoms with Gasteiger partial charge >= 0.3 is 5.97 Å². The first-order valence-electron chi connectivity index (χ1n) is 6.67. The summed E-state index contributed by atoms with van der Waals surface area (Å²) < 4.78 is 11.6. The van der Waals surface area contributed by atoms with Gasteiger partial charge in [-0.25, -0.2) is 4.79 Å². The number of rotatable bonds is 5. The van der Waals surface area contributed by atoms with Crippen LogP contribution in [0.15, 0.2) is 39.7 Å². The molecule has 0 aliphatic carbocycles. The lowest BCUT2D eigenvalue weighted by atomic mass is 10.2. The number of halogens is 1. The van der Waals surface area contributed by atoms with Gasteiger partial charge in [-0.2, -0.15) is 0 Å². The number of aromatic nitrogens is 1. The van der Waals surface area contributed by atoms with E-state index in [0.717, 1.165) is 28.4 Å². The lowest BCUT2D eigenvalue weighted by Gasteiger charge is -2.12. The first-order valence-corrected chi connectivity index (χ1v) is 7.46. The van der Waals surface area contributed by atoms with Crippen molar-refractivity contribution in [1.82, 2.24) is 4.57 Å². The van der Waals surface area contributed by atoms with Crippen LogP contribution in [0.4, 0.5) is 5.69 Å². The van der Waals surface area contributed by atoms with Crippen LogP contribution < -0.4 is 10.3 Å². The van der Waals surface area contributed by atoms with Gasteiger partial charge in [-0.1, -0.05) is 15.9 Å². The van der Waals surface area contributed by atoms with E-state index in [4.69, 9.17) is 4.74 Å². The molecule has 0 aliphatic heterocycles. The van der Waals surface area contributed by atoms with E-state index in [0.29, 0.717) is 11.3 Å². The molecule has 126 valence electrons. The van der Waals surface area contributed by atoms with Gasteiger partial charge in [0.2, 0.25) is 0 Å².